The summed E-state index contributed by atoms with van der Waals surface area (Å²) in [7, 11) is 0. The van der Waals surface area contributed by atoms with E-state index in [-0.39, 0.29) is 40.1 Å². The molecule has 0 aromatic heterocycles. The summed E-state index contributed by atoms with van der Waals surface area (Å²) in [6, 6.07) is 0. The molecule has 0 aliphatic heterocycles. The van der Waals surface area contributed by atoms with Gasteiger partial charge in [0.05, 0.1) is 12.2 Å². The third-order valence-electron chi connectivity index (χ3n) is 11.6. The molecule has 0 spiro atoms. The first-order valence-electron chi connectivity index (χ1n) is 14.5. The average Bonchev–Trinajstić information content (AvgIpc) is 3.10. The van der Waals surface area contributed by atoms with Crippen LogP contribution in [-0.4, -0.2) is 45.7 Å². The second-order valence-corrected chi connectivity index (χ2v) is 13.7. The lowest BCUT2D eigenvalue weighted by Crippen LogP contribution is -2.65. The quantitative estimate of drug-likeness (QED) is 0.139. The first-order valence-corrected chi connectivity index (χ1v) is 14.5. The molecule has 4 fully saturated rings. The van der Waals surface area contributed by atoms with Crippen LogP contribution in [0.2, 0.25) is 0 Å². The van der Waals surface area contributed by atoms with Gasteiger partial charge in [-0.15, -0.1) is 0 Å². The highest BCUT2D eigenvalue weighted by Gasteiger charge is 2.70. The van der Waals surface area contributed by atoms with Gasteiger partial charge in [0, 0.05) is 12.5 Å². The van der Waals surface area contributed by atoms with Crippen molar-refractivity contribution in [2.24, 2.45) is 39.9 Å². The van der Waals surface area contributed by atoms with Gasteiger partial charge in [0.25, 0.3) is 0 Å². The lowest BCUT2D eigenvalue weighted by atomic mass is 9.36. The molecule has 0 aromatic rings. The van der Waals surface area contributed by atoms with Crippen LogP contribution in [0.3, 0.4) is 0 Å². The molecule has 10 atom stereocenters. The molecule has 4 aliphatic rings. The van der Waals surface area contributed by atoms with Crippen LogP contribution in [0.1, 0.15) is 99.8 Å². The fourth-order valence-corrected chi connectivity index (χ4v) is 9.83. The van der Waals surface area contributed by atoms with Crippen LogP contribution in [0.5, 0.6) is 0 Å². The van der Waals surface area contributed by atoms with Crippen LogP contribution < -0.4 is 0 Å². The van der Waals surface area contributed by atoms with Crippen molar-refractivity contribution in [3.8, 4) is 0 Å². The molecule has 0 amide bonds. The zero-order valence-electron chi connectivity index (χ0n) is 24.3. The molecule has 3 N–H and O–H groups in total. The van der Waals surface area contributed by atoms with E-state index in [0.29, 0.717) is 42.7 Å². The SMILES string of the molecule is CC(=O)O[C@H]1C[C@@]2(C)[C@H](C[C@@H](O)C3[C@@]4(C)CC[C@@H](O)[C@@H](C)C4CC[C@@]32C)C1=C(CCC=C(C)C)C(=O)OO. The number of fused-ring (bicyclic) bond motifs is 5. The van der Waals surface area contributed by atoms with Gasteiger partial charge in [0.2, 0.25) is 0 Å². The van der Waals surface area contributed by atoms with Gasteiger partial charge in [0.1, 0.15) is 6.10 Å². The maximum absolute atomic E-state index is 13.0. The predicted molar refractivity (Wildman–Crippen MR) is 144 cm³/mol. The second kappa shape index (κ2) is 10.4. The Morgan fingerprint density at radius 2 is 1.71 bits per heavy atom. The molecule has 214 valence electrons. The van der Waals surface area contributed by atoms with Gasteiger partial charge >= 0.3 is 11.9 Å². The summed E-state index contributed by atoms with van der Waals surface area (Å²) in [5.41, 5.74) is 1.47. The van der Waals surface area contributed by atoms with Crippen LogP contribution in [0, 0.1) is 39.9 Å². The van der Waals surface area contributed by atoms with E-state index in [4.69, 9.17) is 4.74 Å². The number of esters is 1. The highest BCUT2D eigenvalue weighted by molar-refractivity contribution is 5.89. The fourth-order valence-electron chi connectivity index (χ4n) is 9.83. The van der Waals surface area contributed by atoms with E-state index < -0.39 is 24.1 Å². The number of ether oxygens (including phenoxy) is 1. The van der Waals surface area contributed by atoms with E-state index in [1.165, 1.54) is 6.92 Å². The molecule has 4 aliphatic carbocycles. The summed E-state index contributed by atoms with van der Waals surface area (Å²) in [6.45, 7) is 14.4. The highest BCUT2D eigenvalue weighted by Crippen LogP contribution is 2.74. The summed E-state index contributed by atoms with van der Waals surface area (Å²) in [6.07, 6.45) is 6.00. The number of aliphatic hydroxyl groups excluding tert-OH is 2. The topological polar surface area (TPSA) is 113 Å². The summed E-state index contributed by atoms with van der Waals surface area (Å²) < 4.78 is 5.89. The zero-order valence-corrected chi connectivity index (χ0v) is 24.3. The summed E-state index contributed by atoms with van der Waals surface area (Å²) in [4.78, 5) is 29.5. The standard InChI is InChI=1S/C31H48O7/c1-17(2)9-8-10-20(28(35)38-36)26-22-15-24(34)27-29(5)13-12-23(33)18(3)21(29)11-14-30(27,6)31(22,7)16-25(26)37-19(4)32/h9,18,21-25,27,33-34,36H,8,10-16H2,1-7H3/t18-,21?,22+,23+,24+,25-,27?,29-,30-,31-/m0/s1. The second-order valence-electron chi connectivity index (χ2n) is 13.7. The molecular formula is C31H48O7. The van der Waals surface area contributed by atoms with Crippen molar-refractivity contribution in [1.29, 1.82) is 0 Å². The molecule has 2 unspecified atom stereocenters. The Bertz CT molecular complexity index is 1010. The molecule has 4 rings (SSSR count). The Hall–Kier alpha value is -1.70. The van der Waals surface area contributed by atoms with Gasteiger partial charge in [-0.1, -0.05) is 39.3 Å². The first kappa shape index (κ1) is 29.3. The van der Waals surface area contributed by atoms with Gasteiger partial charge in [0.15, 0.2) is 0 Å². The van der Waals surface area contributed by atoms with Crippen molar-refractivity contribution < 1.29 is 34.7 Å². The number of carbonyl (C=O) groups excluding carboxylic acids is 2. The van der Waals surface area contributed by atoms with Gasteiger partial charge in [-0.25, -0.2) is 4.79 Å². The van der Waals surface area contributed by atoms with Crippen LogP contribution in [0.15, 0.2) is 22.8 Å². The lowest BCUT2D eigenvalue weighted by Gasteiger charge is -2.69. The van der Waals surface area contributed by atoms with Crippen molar-refractivity contribution in [2.75, 3.05) is 0 Å². The van der Waals surface area contributed by atoms with Crippen molar-refractivity contribution in [3.05, 3.63) is 22.8 Å². The molecule has 0 aromatic carbocycles. The highest BCUT2D eigenvalue weighted by atomic mass is 17.1. The van der Waals surface area contributed by atoms with Gasteiger partial charge in [-0.05, 0) is 111 Å². The number of allylic oxidation sites excluding steroid dienone is 2. The molecular weight excluding hydrogens is 484 g/mol. The monoisotopic (exact) mass is 532 g/mol. The maximum atomic E-state index is 13.0. The molecule has 4 saturated carbocycles. The fraction of sp³-hybridized carbons (Fsp3) is 0.806. The third-order valence-corrected chi connectivity index (χ3v) is 11.6. The normalized spacial score (nSPS) is 45.3. The molecule has 38 heavy (non-hydrogen) atoms. The van der Waals surface area contributed by atoms with E-state index in [1.807, 2.05) is 19.9 Å². The summed E-state index contributed by atoms with van der Waals surface area (Å²) in [5, 5.41) is 32.0. The molecule has 0 heterocycles. The minimum atomic E-state index is -0.809. The predicted octanol–water partition coefficient (Wildman–Crippen LogP) is 5.60. The smallest absolute Gasteiger partial charge is 0.368 e. The first-order chi connectivity index (χ1) is 17.7. The molecule has 0 radical (unpaired) electrons. The van der Waals surface area contributed by atoms with E-state index in [1.54, 1.807) is 0 Å². The molecule has 7 nitrogen and oxygen atoms in total. The van der Waals surface area contributed by atoms with Crippen molar-refractivity contribution in [3.63, 3.8) is 0 Å². The van der Waals surface area contributed by atoms with E-state index in [0.717, 1.165) is 31.3 Å². The Morgan fingerprint density at radius 1 is 1.03 bits per heavy atom. The van der Waals surface area contributed by atoms with Crippen molar-refractivity contribution in [2.45, 2.75) is 118 Å². The van der Waals surface area contributed by atoms with E-state index in [2.05, 4.69) is 32.6 Å². The number of hydrogen-bond acceptors (Lipinski definition) is 7. The van der Waals surface area contributed by atoms with Gasteiger partial charge in [-0.3, -0.25) is 9.68 Å². The van der Waals surface area contributed by atoms with Crippen LogP contribution in [-0.2, 0) is 19.2 Å². The largest absolute Gasteiger partial charge is 0.458 e. The van der Waals surface area contributed by atoms with Crippen molar-refractivity contribution in [1.82, 2.24) is 0 Å². The lowest BCUT2D eigenvalue weighted by molar-refractivity contribution is -0.234. The zero-order chi connectivity index (χ0) is 28.2. The Morgan fingerprint density at radius 3 is 2.32 bits per heavy atom. The Balaban J connectivity index is 1.84. The Kier molecular flexibility index (Phi) is 7.99. The third kappa shape index (κ3) is 4.46. The number of hydrogen-bond donors (Lipinski definition) is 3. The number of rotatable bonds is 5. The Labute approximate surface area is 227 Å². The number of aliphatic hydroxyl groups is 2. The summed E-state index contributed by atoms with van der Waals surface area (Å²) in [5.74, 6) is -0.856. The van der Waals surface area contributed by atoms with E-state index in [9.17, 15) is 25.1 Å². The van der Waals surface area contributed by atoms with Crippen LogP contribution >= 0.6 is 0 Å². The van der Waals surface area contributed by atoms with Crippen molar-refractivity contribution >= 4 is 11.9 Å². The van der Waals surface area contributed by atoms with Crippen LogP contribution in [0.25, 0.3) is 0 Å². The molecule has 0 bridgehead atoms. The average molecular weight is 533 g/mol. The molecule has 7 heteroatoms. The maximum Gasteiger partial charge on any atom is 0.368 e. The summed E-state index contributed by atoms with van der Waals surface area (Å²) >= 11 is 0. The van der Waals surface area contributed by atoms with Gasteiger partial charge in [-0.2, -0.15) is 5.26 Å². The number of carbonyl (C=O) groups is 2. The van der Waals surface area contributed by atoms with Crippen LogP contribution in [0.4, 0.5) is 0 Å². The van der Waals surface area contributed by atoms with E-state index >= 15 is 0 Å². The minimum Gasteiger partial charge on any atom is -0.458 e. The van der Waals surface area contributed by atoms with Gasteiger partial charge < -0.3 is 14.9 Å². The minimum absolute atomic E-state index is 0.0289. The molecule has 0 saturated heterocycles.